The van der Waals surface area contributed by atoms with Crippen LogP contribution in [0.1, 0.15) is 47.4 Å². The molecule has 1 aromatic rings. The van der Waals surface area contributed by atoms with Gasteiger partial charge in [-0.15, -0.1) is 0 Å². The van der Waals surface area contributed by atoms with Gasteiger partial charge in [0.05, 0.1) is 0 Å². The van der Waals surface area contributed by atoms with Crippen LogP contribution in [0, 0.1) is 5.41 Å². The number of fused-ring (bicyclic) bond motifs is 1. The second kappa shape index (κ2) is 4.58. The first-order chi connectivity index (χ1) is 10.2. The van der Waals surface area contributed by atoms with Gasteiger partial charge in [-0.05, 0) is 37.5 Å². The van der Waals surface area contributed by atoms with E-state index >= 15 is 0 Å². The van der Waals surface area contributed by atoms with Crippen LogP contribution in [-0.2, 0) is 17.6 Å². The Morgan fingerprint density at radius 2 is 2.05 bits per heavy atom. The van der Waals surface area contributed by atoms with Crippen LogP contribution >= 0.6 is 0 Å². The minimum Gasteiger partial charge on any atom is -0.356 e. The Morgan fingerprint density at radius 1 is 1.24 bits per heavy atom. The van der Waals surface area contributed by atoms with E-state index < -0.39 is 0 Å². The first-order valence-corrected chi connectivity index (χ1v) is 7.79. The highest BCUT2D eigenvalue weighted by Crippen LogP contribution is 2.38. The Bertz CT molecular complexity index is 599. The fourth-order valence-electron chi connectivity index (χ4n) is 3.94. The third-order valence-corrected chi connectivity index (χ3v) is 5.32. The average Bonchev–Trinajstić information content (AvgIpc) is 3.15. The normalized spacial score (nSPS) is 23.4. The molecule has 0 unspecified atom stereocenters. The summed E-state index contributed by atoms with van der Waals surface area (Å²) in [6.07, 6.45) is 5.51. The number of carbonyl (C=O) groups is 2. The Hall–Kier alpha value is -1.85. The minimum atomic E-state index is 0.0570. The van der Waals surface area contributed by atoms with E-state index in [0.29, 0.717) is 12.1 Å². The van der Waals surface area contributed by atoms with Gasteiger partial charge in [-0.25, -0.2) is 0 Å². The standard InChI is InChI=1S/C15H20N4O2/c20-12-8-15(9-16-12)4-6-19(7-5-15)14(21)13-10-2-1-3-11(10)17-18-13/h1-9H2,(H,16,20)(H,17,18). The summed E-state index contributed by atoms with van der Waals surface area (Å²) >= 11 is 0. The molecule has 1 aromatic heterocycles. The summed E-state index contributed by atoms with van der Waals surface area (Å²) < 4.78 is 0. The summed E-state index contributed by atoms with van der Waals surface area (Å²) in [5.74, 6) is 0.210. The number of rotatable bonds is 1. The molecule has 2 saturated heterocycles. The fraction of sp³-hybridized carbons (Fsp3) is 0.667. The molecule has 6 nitrogen and oxygen atoms in total. The van der Waals surface area contributed by atoms with E-state index in [9.17, 15) is 9.59 Å². The number of aromatic amines is 1. The van der Waals surface area contributed by atoms with Crippen molar-refractivity contribution in [3.63, 3.8) is 0 Å². The second-order valence-corrected chi connectivity index (χ2v) is 6.63. The smallest absolute Gasteiger partial charge is 0.274 e. The van der Waals surface area contributed by atoms with Crippen LogP contribution in [0.25, 0.3) is 0 Å². The first-order valence-electron chi connectivity index (χ1n) is 7.79. The van der Waals surface area contributed by atoms with Crippen LogP contribution < -0.4 is 5.32 Å². The summed E-state index contributed by atoms with van der Waals surface area (Å²) in [6, 6.07) is 0. The van der Waals surface area contributed by atoms with Gasteiger partial charge < -0.3 is 10.2 Å². The van der Waals surface area contributed by atoms with Crippen LogP contribution in [-0.4, -0.2) is 46.5 Å². The molecule has 0 atom stereocenters. The molecule has 0 radical (unpaired) electrons. The van der Waals surface area contributed by atoms with Crippen LogP contribution in [0.4, 0.5) is 0 Å². The van der Waals surface area contributed by atoms with E-state index in [0.717, 1.165) is 63.0 Å². The molecule has 2 fully saturated rings. The molecule has 2 N–H and O–H groups in total. The number of carbonyl (C=O) groups excluding carboxylic acids is 2. The number of likely N-dealkylation sites (tertiary alicyclic amines) is 1. The van der Waals surface area contributed by atoms with E-state index in [1.165, 1.54) is 0 Å². The lowest BCUT2D eigenvalue weighted by Gasteiger charge is -2.38. The lowest BCUT2D eigenvalue weighted by Crippen LogP contribution is -2.44. The maximum absolute atomic E-state index is 12.6. The lowest BCUT2D eigenvalue weighted by atomic mass is 9.77. The van der Waals surface area contributed by atoms with Crippen molar-refractivity contribution in [3.8, 4) is 0 Å². The summed E-state index contributed by atoms with van der Waals surface area (Å²) in [5.41, 5.74) is 2.97. The maximum Gasteiger partial charge on any atom is 0.274 e. The van der Waals surface area contributed by atoms with Crippen molar-refractivity contribution in [2.45, 2.75) is 38.5 Å². The Balaban J connectivity index is 1.46. The van der Waals surface area contributed by atoms with Crippen molar-refractivity contribution < 1.29 is 9.59 Å². The molecule has 2 amide bonds. The topological polar surface area (TPSA) is 78.1 Å². The predicted molar refractivity (Wildman–Crippen MR) is 75.8 cm³/mol. The number of piperidine rings is 1. The van der Waals surface area contributed by atoms with Gasteiger partial charge in [0.25, 0.3) is 5.91 Å². The summed E-state index contributed by atoms with van der Waals surface area (Å²) in [7, 11) is 0. The lowest BCUT2D eigenvalue weighted by molar-refractivity contribution is -0.119. The minimum absolute atomic E-state index is 0.0570. The fourth-order valence-corrected chi connectivity index (χ4v) is 3.94. The van der Waals surface area contributed by atoms with Gasteiger partial charge in [-0.3, -0.25) is 14.7 Å². The zero-order chi connectivity index (χ0) is 14.4. The van der Waals surface area contributed by atoms with Crippen molar-refractivity contribution in [2.75, 3.05) is 19.6 Å². The molecule has 3 heterocycles. The number of nitrogens with zero attached hydrogens (tertiary/aromatic N) is 2. The average molecular weight is 288 g/mol. The van der Waals surface area contributed by atoms with E-state index in [4.69, 9.17) is 0 Å². The molecule has 0 aromatic carbocycles. The molecular weight excluding hydrogens is 268 g/mol. The van der Waals surface area contributed by atoms with Crippen LogP contribution in [0.2, 0.25) is 0 Å². The van der Waals surface area contributed by atoms with Crippen molar-refractivity contribution in [1.29, 1.82) is 0 Å². The summed E-state index contributed by atoms with van der Waals surface area (Å²) in [5, 5.41) is 10.2. The van der Waals surface area contributed by atoms with Crippen molar-refractivity contribution in [2.24, 2.45) is 5.41 Å². The highest BCUT2D eigenvalue weighted by molar-refractivity contribution is 5.94. The van der Waals surface area contributed by atoms with Gasteiger partial charge in [0, 0.05) is 37.3 Å². The van der Waals surface area contributed by atoms with E-state index in [1.807, 2.05) is 4.90 Å². The van der Waals surface area contributed by atoms with Gasteiger partial charge in [-0.2, -0.15) is 5.10 Å². The highest BCUT2D eigenvalue weighted by Gasteiger charge is 2.42. The number of aromatic nitrogens is 2. The first kappa shape index (κ1) is 12.9. The molecule has 0 saturated carbocycles. The van der Waals surface area contributed by atoms with Gasteiger partial charge in [0.1, 0.15) is 0 Å². The number of H-pyrrole nitrogens is 1. The largest absolute Gasteiger partial charge is 0.356 e. The van der Waals surface area contributed by atoms with Crippen LogP contribution in [0.3, 0.4) is 0 Å². The number of aryl methyl sites for hydroxylation is 1. The molecule has 6 heteroatoms. The van der Waals surface area contributed by atoms with Gasteiger partial charge in [0.2, 0.25) is 5.91 Å². The van der Waals surface area contributed by atoms with Gasteiger partial charge in [0.15, 0.2) is 5.69 Å². The maximum atomic E-state index is 12.6. The number of hydrogen-bond donors (Lipinski definition) is 2. The molecule has 3 aliphatic rings. The molecule has 4 rings (SSSR count). The second-order valence-electron chi connectivity index (χ2n) is 6.63. The third-order valence-electron chi connectivity index (χ3n) is 5.32. The van der Waals surface area contributed by atoms with Crippen molar-refractivity contribution in [3.05, 3.63) is 17.0 Å². The third kappa shape index (κ3) is 2.04. The monoisotopic (exact) mass is 288 g/mol. The van der Waals surface area contributed by atoms with E-state index in [1.54, 1.807) is 0 Å². The Morgan fingerprint density at radius 3 is 2.76 bits per heavy atom. The predicted octanol–water partition coefficient (Wildman–Crippen LogP) is 0.641. The zero-order valence-electron chi connectivity index (χ0n) is 12.1. The molecule has 0 bridgehead atoms. The molecule has 1 spiro atoms. The number of nitrogens with one attached hydrogen (secondary N) is 2. The molecule has 21 heavy (non-hydrogen) atoms. The number of amides is 2. The quantitative estimate of drug-likeness (QED) is 0.796. The SMILES string of the molecule is O=C1CC2(CCN(C(=O)c3n[nH]c4c3CCC4)CC2)CN1. The number of hydrogen-bond acceptors (Lipinski definition) is 3. The zero-order valence-corrected chi connectivity index (χ0v) is 12.1. The molecule has 1 aliphatic carbocycles. The Kier molecular flexibility index (Phi) is 2.80. The van der Waals surface area contributed by atoms with Crippen LogP contribution in [0.5, 0.6) is 0 Å². The highest BCUT2D eigenvalue weighted by atomic mass is 16.2. The molecule has 112 valence electrons. The Labute approximate surface area is 123 Å². The summed E-state index contributed by atoms with van der Waals surface area (Å²) in [4.78, 5) is 26.0. The molecular formula is C15H20N4O2. The van der Waals surface area contributed by atoms with Gasteiger partial charge in [-0.1, -0.05) is 0 Å². The van der Waals surface area contributed by atoms with Gasteiger partial charge >= 0.3 is 0 Å². The van der Waals surface area contributed by atoms with E-state index in [-0.39, 0.29) is 17.2 Å². The van der Waals surface area contributed by atoms with Crippen LogP contribution in [0.15, 0.2) is 0 Å². The summed E-state index contributed by atoms with van der Waals surface area (Å²) in [6.45, 7) is 2.23. The van der Waals surface area contributed by atoms with Crippen molar-refractivity contribution >= 4 is 11.8 Å². The van der Waals surface area contributed by atoms with Crippen molar-refractivity contribution in [1.82, 2.24) is 20.4 Å². The van der Waals surface area contributed by atoms with E-state index in [2.05, 4.69) is 15.5 Å². The molecule has 2 aliphatic heterocycles.